The van der Waals surface area contributed by atoms with Gasteiger partial charge in [-0.2, -0.15) is 5.26 Å². The number of nitrogens with zero attached hydrogens (tertiary/aromatic N) is 4. The summed E-state index contributed by atoms with van der Waals surface area (Å²) < 4.78 is 4.61. The molecule has 0 aliphatic carbocycles. The Morgan fingerprint density at radius 2 is 0.920 bits per heavy atom. The number of aryl methyl sites for hydroxylation is 4. The van der Waals surface area contributed by atoms with E-state index in [0.29, 0.717) is 5.56 Å². The number of hydrogen-bond donors (Lipinski definition) is 0. The molecule has 0 bridgehead atoms. The third-order valence-corrected chi connectivity index (χ3v) is 10.0. The molecule has 238 valence electrons. The Labute approximate surface area is 291 Å². The van der Waals surface area contributed by atoms with Crippen molar-refractivity contribution >= 4 is 43.6 Å². The van der Waals surface area contributed by atoms with Crippen molar-refractivity contribution in [2.45, 2.75) is 27.7 Å². The van der Waals surface area contributed by atoms with Crippen LogP contribution < -0.4 is 0 Å². The van der Waals surface area contributed by atoms with E-state index < -0.39 is 0 Å². The molecule has 0 unspecified atom stereocenters. The van der Waals surface area contributed by atoms with Crippen LogP contribution >= 0.6 is 0 Å². The minimum Gasteiger partial charge on any atom is -0.308 e. The molecule has 4 nitrogen and oxygen atoms in total. The third kappa shape index (κ3) is 4.55. The highest BCUT2D eigenvalue weighted by Gasteiger charge is 2.23. The third-order valence-electron chi connectivity index (χ3n) is 10.0. The van der Waals surface area contributed by atoms with Gasteiger partial charge in [0.05, 0.1) is 39.1 Å². The molecule has 0 aliphatic rings. The summed E-state index contributed by atoms with van der Waals surface area (Å²) in [6.45, 7) is 8.52. The molecule has 3 heterocycles. The molecule has 6 aromatic carbocycles. The molecule has 0 amide bonds. The van der Waals surface area contributed by atoms with E-state index in [-0.39, 0.29) is 0 Å². The van der Waals surface area contributed by atoms with Crippen molar-refractivity contribution in [1.29, 1.82) is 5.26 Å². The Morgan fingerprint density at radius 3 is 1.34 bits per heavy atom. The maximum absolute atomic E-state index is 11.3. The van der Waals surface area contributed by atoms with Gasteiger partial charge >= 0.3 is 0 Å². The quantitative estimate of drug-likeness (QED) is 0.192. The van der Waals surface area contributed by atoms with Gasteiger partial charge in [-0.1, -0.05) is 84.9 Å². The molecule has 0 N–H and O–H groups in total. The van der Waals surface area contributed by atoms with Crippen LogP contribution in [-0.2, 0) is 0 Å². The van der Waals surface area contributed by atoms with Crippen LogP contribution in [0.4, 0.5) is 0 Å². The molecule has 3 aromatic heterocycles. The molecule has 0 saturated heterocycles. The van der Waals surface area contributed by atoms with Gasteiger partial charge < -0.3 is 9.13 Å². The van der Waals surface area contributed by atoms with Crippen LogP contribution in [0.5, 0.6) is 0 Å². The van der Waals surface area contributed by atoms with Gasteiger partial charge in [-0.25, -0.2) is 0 Å². The van der Waals surface area contributed by atoms with Crippen molar-refractivity contribution in [1.82, 2.24) is 14.1 Å². The number of benzene rings is 6. The molecule has 4 heteroatoms. The van der Waals surface area contributed by atoms with E-state index in [1.54, 1.807) is 0 Å². The van der Waals surface area contributed by atoms with Crippen LogP contribution in [-0.4, -0.2) is 14.1 Å². The zero-order valence-corrected chi connectivity index (χ0v) is 28.5. The predicted molar refractivity (Wildman–Crippen MR) is 207 cm³/mol. The van der Waals surface area contributed by atoms with Crippen molar-refractivity contribution in [2.75, 3.05) is 0 Å². The fourth-order valence-electron chi connectivity index (χ4n) is 7.70. The molecular formula is C46H34N4. The van der Waals surface area contributed by atoms with Gasteiger partial charge in [-0.3, -0.25) is 4.98 Å². The minimum atomic E-state index is 0.613. The van der Waals surface area contributed by atoms with Gasteiger partial charge in [-0.15, -0.1) is 0 Å². The average Bonchev–Trinajstić information content (AvgIpc) is 3.61. The van der Waals surface area contributed by atoms with Crippen molar-refractivity contribution in [3.63, 3.8) is 0 Å². The molecule has 0 atom stereocenters. The lowest BCUT2D eigenvalue weighted by Gasteiger charge is -2.19. The van der Waals surface area contributed by atoms with Crippen LogP contribution in [0.2, 0.25) is 0 Å². The zero-order valence-electron chi connectivity index (χ0n) is 28.5. The first-order valence-corrected chi connectivity index (χ1v) is 17.0. The van der Waals surface area contributed by atoms with Crippen LogP contribution in [0.3, 0.4) is 0 Å². The predicted octanol–water partition coefficient (Wildman–Crippen LogP) is 11.7. The second-order valence-corrected chi connectivity index (χ2v) is 13.5. The Morgan fingerprint density at radius 1 is 0.480 bits per heavy atom. The van der Waals surface area contributed by atoms with E-state index >= 15 is 0 Å². The summed E-state index contributed by atoms with van der Waals surface area (Å²) in [5.74, 6) is 0. The van der Waals surface area contributed by atoms with Gasteiger partial charge in [0.25, 0.3) is 0 Å². The van der Waals surface area contributed by atoms with Crippen LogP contribution in [0.1, 0.15) is 27.8 Å². The van der Waals surface area contributed by atoms with Crippen molar-refractivity contribution in [2.24, 2.45) is 0 Å². The van der Waals surface area contributed by atoms with E-state index in [1.165, 1.54) is 22.3 Å². The van der Waals surface area contributed by atoms with Gasteiger partial charge in [0.15, 0.2) is 0 Å². The number of aromatic nitrogens is 3. The highest BCUT2D eigenvalue weighted by atomic mass is 15.0. The minimum absolute atomic E-state index is 0.613. The second kappa shape index (κ2) is 11.3. The van der Waals surface area contributed by atoms with Gasteiger partial charge in [0, 0.05) is 38.9 Å². The first kappa shape index (κ1) is 29.7. The molecule has 9 rings (SSSR count). The summed E-state index contributed by atoms with van der Waals surface area (Å²) in [7, 11) is 0. The summed E-state index contributed by atoms with van der Waals surface area (Å²) in [5, 5.41) is 16.0. The van der Waals surface area contributed by atoms with Gasteiger partial charge in [0.2, 0.25) is 0 Å². The Hall–Kier alpha value is -6.44. The molecular weight excluding hydrogens is 609 g/mol. The molecule has 0 saturated carbocycles. The second-order valence-electron chi connectivity index (χ2n) is 13.5. The summed E-state index contributed by atoms with van der Waals surface area (Å²) in [4.78, 5) is 4.92. The summed E-state index contributed by atoms with van der Waals surface area (Å²) in [5.41, 5.74) is 15.2. The van der Waals surface area contributed by atoms with Crippen molar-refractivity contribution < 1.29 is 0 Å². The zero-order chi connectivity index (χ0) is 34.1. The lowest BCUT2D eigenvalue weighted by Crippen LogP contribution is -2.06. The van der Waals surface area contributed by atoms with Crippen molar-refractivity contribution in [3.8, 4) is 39.8 Å². The topological polar surface area (TPSA) is 46.5 Å². The SMILES string of the molecule is Cc1ccc2c3ccc(C)cc3n(-c3cc(-c4cccnc4-c4ccccc4)cc(-n4c5cc(C)ccc5c5ccc(C)cc54)c3C#N)c2c1. The monoisotopic (exact) mass is 642 g/mol. The normalized spacial score (nSPS) is 11.6. The number of rotatable bonds is 4. The van der Waals surface area contributed by atoms with Crippen LogP contribution in [0.25, 0.3) is 77.4 Å². The first-order valence-electron chi connectivity index (χ1n) is 17.0. The van der Waals surface area contributed by atoms with E-state index in [9.17, 15) is 5.26 Å². The van der Waals surface area contributed by atoms with Crippen LogP contribution in [0, 0.1) is 39.0 Å². The molecule has 0 spiro atoms. The average molecular weight is 643 g/mol. The Bertz CT molecular complexity index is 2600. The summed E-state index contributed by atoms with van der Waals surface area (Å²) in [6, 6.07) is 48.1. The lowest BCUT2D eigenvalue weighted by molar-refractivity contribution is 1.11. The molecule has 0 aliphatic heterocycles. The lowest BCUT2D eigenvalue weighted by atomic mass is 9.96. The maximum atomic E-state index is 11.3. The fraction of sp³-hybridized carbons (Fsp3) is 0.0870. The van der Waals surface area contributed by atoms with Crippen molar-refractivity contribution in [3.05, 3.63) is 161 Å². The highest BCUT2D eigenvalue weighted by Crippen LogP contribution is 2.42. The van der Waals surface area contributed by atoms with E-state index in [0.717, 1.165) is 77.4 Å². The standard InChI is InChI=1S/C46H34N4/c1-28-12-16-35-36-17-13-29(2)22-41(36)49(40(35)21-28)44-25-33(34-11-8-20-48-46(34)32-9-6-5-7-10-32)26-45(39(44)27-47)50-42-23-30(3)14-18-37(42)38-19-15-31(4)24-43(38)50/h5-26H,1-4H3. The highest BCUT2D eigenvalue weighted by molar-refractivity contribution is 6.11. The van der Waals surface area contributed by atoms with Gasteiger partial charge in [-0.05, 0) is 98.0 Å². The summed E-state index contributed by atoms with van der Waals surface area (Å²) in [6.07, 6.45) is 1.86. The molecule has 0 radical (unpaired) electrons. The number of fused-ring (bicyclic) bond motifs is 6. The Kier molecular flexibility index (Phi) is 6.72. The number of pyridine rings is 1. The molecule has 9 aromatic rings. The molecule has 50 heavy (non-hydrogen) atoms. The van der Waals surface area contributed by atoms with Gasteiger partial charge in [0.1, 0.15) is 11.6 Å². The van der Waals surface area contributed by atoms with E-state index in [4.69, 9.17) is 4.98 Å². The summed E-state index contributed by atoms with van der Waals surface area (Å²) >= 11 is 0. The maximum Gasteiger partial charge on any atom is 0.104 e. The fourth-order valence-corrected chi connectivity index (χ4v) is 7.70. The van der Waals surface area contributed by atoms with E-state index in [1.807, 2.05) is 18.3 Å². The van der Waals surface area contributed by atoms with E-state index in [2.05, 4.69) is 158 Å². The first-order chi connectivity index (χ1) is 24.4. The largest absolute Gasteiger partial charge is 0.308 e. The van der Waals surface area contributed by atoms with Crippen LogP contribution in [0.15, 0.2) is 134 Å². The smallest absolute Gasteiger partial charge is 0.104 e. The molecule has 0 fully saturated rings. The Balaban J connectivity index is 1.49. The number of hydrogen-bond acceptors (Lipinski definition) is 2. The number of nitriles is 1.